The molecule has 0 aliphatic rings. The van der Waals surface area contributed by atoms with Crippen LogP contribution in [0.4, 0.5) is 0 Å². The number of hydrogen-bond acceptors (Lipinski definition) is 7. The topological polar surface area (TPSA) is 104 Å². The summed E-state index contributed by atoms with van der Waals surface area (Å²) in [7, 11) is -7.45. The summed E-state index contributed by atoms with van der Waals surface area (Å²) in [5.74, 6) is 1.65. The van der Waals surface area contributed by atoms with Gasteiger partial charge in [-0.1, -0.05) is 65.7 Å². The zero-order chi connectivity index (χ0) is 43.6. The summed E-state index contributed by atoms with van der Waals surface area (Å²) in [6.45, 7) is 8.16. The molecule has 0 saturated carbocycles. The summed E-state index contributed by atoms with van der Waals surface area (Å²) in [6.07, 6.45) is 0. The van der Waals surface area contributed by atoms with Crippen LogP contribution in [0.1, 0.15) is 38.2 Å². The Morgan fingerprint density at radius 3 is 1.16 bits per heavy atom. The lowest BCUT2D eigenvalue weighted by Gasteiger charge is -2.12. The van der Waals surface area contributed by atoms with Crippen LogP contribution in [0.25, 0.3) is 22.3 Å². The molecular formula is C53H42O7S2. The van der Waals surface area contributed by atoms with E-state index in [-0.39, 0.29) is 25.4 Å². The molecule has 0 spiro atoms. The lowest BCUT2D eigenvalue weighted by molar-refractivity contribution is 0.103. The van der Waals surface area contributed by atoms with Crippen LogP contribution in [0.3, 0.4) is 0 Å². The molecular weight excluding hydrogens is 813 g/mol. The van der Waals surface area contributed by atoms with E-state index in [1.807, 2.05) is 19.1 Å². The summed E-state index contributed by atoms with van der Waals surface area (Å²) in [6, 6.07) is 52.3. The third-order valence-corrected chi connectivity index (χ3v) is 14.1. The van der Waals surface area contributed by atoms with Gasteiger partial charge in [0.2, 0.25) is 19.7 Å². The Hall–Kier alpha value is -7.07. The molecule has 308 valence electrons. The number of ketones is 1. The fraction of sp³-hybridized carbons (Fsp3) is 0.0755. The number of ether oxygens (including phenoxy) is 2. The van der Waals surface area contributed by atoms with Gasteiger partial charge in [0, 0.05) is 11.1 Å². The lowest BCUT2D eigenvalue weighted by Crippen LogP contribution is -2.02. The van der Waals surface area contributed by atoms with E-state index in [4.69, 9.17) is 9.47 Å². The Bertz CT molecular complexity index is 3140. The molecule has 9 heteroatoms. The smallest absolute Gasteiger partial charge is 0.206 e. The number of benzene rings is 8. The largest absolute Gasteiger partial charge is 0.457 e. The first-order chi connectivity index (χ1) is 29.7. The fourth-order valence-electron chi connectivity index (χ4n) is 7.22. The van der Waals surface area contributed by atoms with Crippen LogP contribution in [0.5, 0.6) is 23.0 Å². The van der Waals surface area contributed by atoms with Crippen molar-refractivity contribution in [3.63, 3.8) is 0 Å². The summed E-state index contributed by atoms with van der Waals surface area (Å²) >= 11 is 0. The molecule has 0 aromatic heterocycles. The standard InChI is InChI=1S/C53H42O7S2/c1-35-5-22-48(23-6-35)61(55,56)50-26-18-46(19-27-50)59-44-14-8-40(9-15-44)53(54)41-10-16-45(17-11-41)60-47-20-28-51(29-21-47)62(57,58)49-24-12-39(13-25-49)42-32-37(3)33-43(34-42)52-30-7-36(2)31-38(52)4/h5-34H,1-4H3. The van der Waals surface area contributed by atoms with Crippen molar-refractivity contribution < 1.29 is 31.1 Å². The molecule has 0 aliphatic heterocycles. The number of carbonyl (C=O) groups is 1. The first-order valence-corrected chi connectivity index (χ1v) is 22.9. The predicted molar refractivity (Wildman–Crippen MR) is 243 cm³/mol. The molecule has 62 heavy (non-hydrogen) atoms. The van der Waals surface area contributed by atoms with Crippen molar-refractivity contribution in [1.82, 2.24) is 0 Å². The highest BCUT2D eigenvalue weighted by molar-refractivity contribution is 7.91. The number of rotatable bonds is 12. The molecule has 0 heterocycles. The van der Waals surface area contributed by atoms with Crippen LogP contribution in [0.2, 0.25) is 0 Å². The van der Waals surface area contributed by atoms with Crippen LogP contribution >= 0.6 is 0 Å². The minimum Gasteiger partial charge on any atom is -0.457 e. The second kappa shape index (κ2) is 17.1. The van der Waals surface area contributed by atoms with Gasteiger partial charge in [-0.2, -0.15) is 0 Å². The van der Waals surface area contributed by atoms with Gasteiger partial charge < -0.3 is 9.47 Å². The molecule has 8 aromatic carbocycles. The van der Waals surface area contributed by atoms with Crippen LogP contribution in [0, 0.1) is 27.7 Å². The van der Waals surface area contributed by atoms with Crippen molar-refractivity contribution >= 4 is 25.5 Å². The fourth-order valence-corrected chi connectivity index (χ4v) is 9.74. The van der Waals surface area contributed by atoms with Crippen molar-refractivity contribution in [2.24, 2.45) is 0 Å². The first kappa shape index (κ1) is 41.7. The van der Waals surface area contributed by atoms with Crippen molar-refractivity contribution in [2.45, 2.75) is 47.3 Å². The van der Waals surface area contributed by atoms with Gasteiger partial charge in [0.15, 0.2) is 5.78 Å². The van der Waals surface area contributed by atoms with Gasteiger partial charge in [-0.3, -0.25) is 4.79 Å². The van der Waals surface area contributed by atoms with Crippen LogP contribution in [-0.2, 0) is 19.7 Å². The minimum absolute atomic E-state index is 0.143. The number of aryl methyl sites for hydroxylation is 4. The van der Waals surface area contributed by atoms with Gasteiger partial charge in [0.05, 0.1) is 19.6 Å². The van der Waals surface area contributed by atoms with E-state index in [2.05, 4.69) is 57.2 Å². The van der Waals surface area contributed by atoms with Gasteiger partial charge in [-0.05, 0) is 188 Å². The average Bonchev–Trinajstić information content (AvgIpc) is 3.27. The molecule has 0 amide bonds. The van der Waals surface area contributed by atoms with E-state index in [9.17, 15) is 21.6 Å². The maximum atomic E-state index is 13.6. The molecule has 0 atom stereocenters. The van der Waals surface area contributed by atoms with Crippen molar-refractivity contribution in [3.8, 4) is 45.3 Å². The highest BCUT2D eigenvalue weighted by Crippen LogP contribution is 2.33. The van der Waals surface area contributed by atoms with Crippen LogP contribution in [-0.4, -0.2) is 22.6 Å². The number of hydrogen-bond donors (Lipinski definition) is 0. The maximum Gasteiger partial charge on any atom is 0.206 e. The quantitative estimate of drug-likeness (QED) is 0.113. The third kappa shape index (κ3) is 9.00. The zero-order valence-electron chi connectivity index (χ0n) is 34.5. The second-order valence-corrected chi connectivity index (χ2v) is 19.2. The Labute approximate surface area is 362 Å². The molecule has 0 fully saturated rings. The molecule has 0 saturated heterocycles. The maximum absolute atomic E-state index is 13.6. The zero-order valence-corrected chi connectivity index (χ0v) is 36.1. The molecule has 0 bridgehead atoms. The monoisotopic (exact) mass is 854 g/mol. The molecule has 0 aliphatic carbocycles. The van der Waals surface area contributed by atoms with E-state index >= 15 is 0 Å². The average molecular weight is 855 g/mol. The predicted octanol–water partition coefficient (Wildman–Crippen LogP) is 12.7. The molecule has 0 unspecified atom stereocenters. The Morgan fingerprint density at radius 1 is 0.355 bits per heavy atom. The first-order valence-electron chi connectivity index (χ1n) is 19.9. The van der Waals surface area contributed by atoms with Crippen molar-refractivity contribution in [3.05, 3.63) is 215 Å². The minimum atomic E-state index is -3.79. The molecule has 0 radical (unpaired) electrons. The summed E-state index contributed by atoms with van der Waals surface area (Å²) in [5.41, 5.74) is 9.64. The van der Waals surface area contributed by atoms with Gasteiger partial charge in [0.1, 0.15) is 23.0 Å². The summed E-state index contributed by atoms with van der Waals surface area (Å²) in [4.78, 5) is 14.0. The van der Waals surface area contributed by atoms with E-state index in [1.165, 1.54) is 41.0 Å². The summed E-state index contributed by atoms with van der Waals surface area (Å²) in [5, 5.41) is 0. The van der Waals surface area contributed by atoms with Crippen LogP contribution in [0.15, 0.2) is 202 Å². The van der Waals surface area contributed by atoms with E-state index in [0.717, 1.165) is 27.8 Å². The molecule has 7 nitrogen and oxygen atoms in total. The van der Waals surface area contributed by atoms with Gasteiger partial charge in [-0.15, -0.1) is 0 Å². The Morgan fingerprint density at radius 2 is 0.726 bits per heavy atom. The highest BCUT2D eigenvalue weighted by Gasteiger charge is 2.20. The van der Waals surface area contributed by atoms with Gasteiger partial charge in [-0.25, -0.2) is 16.8 Å². The molecule has 0 N–H and O–H groups in total. The van der Waals surface area contributed by atoms with E-state index in [1.54, 1.807) is 109 Å². The SMILES string of the molecule is Cc1ccc(S(=O)(=O)c2ccc(Oc3ccc(C(=O)c4ccc(Oc5ccc(S(=O)(=O)c6ccc(-c7cc(C)cc(-c8ccc(C)cc8C)c7)cc6)cc5)cc4)cc3)cc2)cc1. The lowest BCUT2D eigenvalue weighted by atomic mass is 9.93. The second-order valence-electron chi connectivity index (χ2n) is 15.3. The van der Waals surface area contributed by atoms with Crippen molar-refractivity contribution in [1.29, 1.82) is 0 Å². The normalized spacial score (nSPS) is 11.5. The van der Waals surface area contributed by atoms with E-state index < -0.39 is 19.7 Å². The Balaban J connectivity index is 0.876. The van der Waals surface area contributed by atoms with Gasteiger partial charge in [0.25, 0.3) is 0 Å². The van der Waals surface area contributed by atoms with E-state index in [0.29, 0.717) is 34.1 Å². The number of carbonyl (C=O) groups excluding carboxylic acids is 1. The van der Waals surface area contributed by atoms with Crippen LogP contribution < -0.4 is 9.47 Å². The molecule has 8 aromatic rings. The summed E-state index contributed by atoms with van der Waals surface area (Å²) < 4.78 is 65.2. The van der Waals surface area contributed by atoms with Crippen molar-refractivity contribution in [2.75, 3.05) is 0 Å². The highest BCUT2D eigenvalue weighted by atomic mass is 32.2. The Kier molecular flexibility index (Phi) is 11.5. The van der Waals surface area contributed by atoms with Gasteiger partial charge >= 0.3 is 0 Å². The number of sulfone groups is 2. The molecule has 8 rings (SSSR count). The third-order valence-electron chi connectivity index (χ3n) is 10.6.